The first-order chi connectivity index (χ1) is 10.9. The first-order valence-corrected chi connectivity index (χ1v) is 11.0. The lowest BCUT2D eigenvalue weighted by Crippen LogP contribution is -2.44. The number of sulfonamides is 1. The summed E-state index contributed by atoms with van der Waals surface area (Å²) in [6.07, 6.45) is 6.63. The van der Waals surface area contributed by atoms with Gasteiger partial charge in [0, 0.05) is 19.1 Å². The minimum Gasteiger partial charge on any atom is -0.455 e. The van der Waals surface area contributed by atoms with Crippen LogP contribution in [0.25, 0.3) is 0 Å². The molecule has 0 saturated carbocycles. The summed E-state index contributed by atoms with van der Waals surface area (Å²) in [6, 6.07) is 3.45. The van der Waals surface area contributed by atoms with Crippen molar-refractivity contribution in [3.63, 3.8) is 0 Å². The third kappa shape index (κ3) is 5.26. The first kappa shape index (κ1) is 18.4. The van der Waals surface area contributed by atoms with Crippen molar-refractivity contribution in [3.05, 3.63) is 23.7 Å². The largest absolute Gasteiger partial charge is 0.455 e. The Morgan fingerprint density at radius 1 is 1.43 bits per heavy atom. The fourth-order valence-electron chi connectivity index (χ4n) is 2.86. The molecule has 0 bridgehead atoms. The Labute approximate surface area is 142 Å². The van der Waals surface area contributed by atoms with Gasteiger partial charge in [0.2, 0.25) is 10.0 Å². The SMILES string of the molecule is CSCc1ccc(C(=O)NCC[C@H]2CCCCN2S(C)(=O)=O)o1. The van der Waals surface area contributed by atoms with Gasteiger partial charge >= 0.3 is 0 Å². The predicted octanol–water partition coefficient (Wildman–Crippen LogP) is 2.08. The molecule has 1 atom stereocenters. The monoisotopic (exact) mass is 360 g/mol. The van der Waals surface area contributed by atoms with Crippen molar-refractivity contribution in [1.29, 1.82) is 0 Å². The number of amides is 1. The highest BCUT2D eigenvalue weighted by atomic mass is 32.2. The minimum absolute atomic E-state index is 0.0253. The second-order valence-corrected chi connectivity index (χ2v) is 8.57. The smallest absolute Gasteiger partial charge is 0.286 e. The fraction of sp³-hybridized carbons (Fsp3) is 0.667. The molecule has 130 valence electrons. The number of nitrogens with one attached hydrogen (secondary N) is 1. The van der Waals surface area contributed by atoms with E-state index in [0.29, 0.717) is 25.3 Å². The first-order valence-electron chi connectivity index (χ1n) is 7.74. The molecule has 1 aromatic rings. The van der Waals surface area contributed by atoms with Gasteiger partial charge in [0.15, 0.2) is 5.76 Å². The second-order valence-electron chi connectivity index (χ2n) is 5.77. The standard InChI is InChI=1S/C15H24N2O4S2/c1-22-11-13-6-7-14(21-13)15(18)16-9-8-12-5-3-4-10-17(12)23(2,19)20/h6-7,12H,3-5,8-11H2,1-2H3,(H,16,18)/t12-/m1/s1. The highest BCUT2D eigenvalue weighted by Crippen LogP contribution is 2.22. The summed E-state index contributed by atoms with van der Waals surface area (Å²) in [5, 5.41) is 2.81. The summed E-state index contributed by atoms with van der Waals surface area (Å²) in [4.78, 5) is 12.0. The molecule has 0 aliphatic carbocycles. The molecule has 0 spiro atoms. The van der Waals surface area contributed by atoms with Gasteiger partial charge in [-0.3, -0.25) is 4.79 Å². The molecule has 0 aromatic carbocycles. The molecular formula is C15H24N2O4S2. The van der Waals surface area contributed by atoms with Gasteiger partial charge in [-0.25, -0.2) is 8.42 Å². The molecule has 1 saturated heterocycles. The highest BCUT2D eigenvalue weighted by molar-refractivity contribution is 7.97. The third-order valence-corrected chi connectivity index (χ3v) is 5.84. The van der Waals surface area contributed by atoms with E-state index in [2.05, 4.69) is 5.32 Å². The van der Waals surface area contributed by atoms with E-state index in [1.807, 2.05) is 6.26 Å². The Hall–Kier alpha value is -0.990. The quantitative estimate of drug-likeness (QED) is 0.805. The number of piperidine rings is 1. The summed E-state index contributed by atoms with van der Waals surface area (Å²) in [6.45, 7) is 1.02. The van der Waals surface area contributed by atoms with Crippen LogP contribution in [-0.2, 0) is 15.8 Å². The average Bonchev–Trinajstić information content (AvgIpc) is 2.96. The molecule has 8 heteroatoms. The highest BCUT2D eigenvalue weighted by Gasteiger charge is 2.28. The molecule has 1 aliphatic rings. The Morgan fingerprint density at radius 3 is 2.91 bits per heavy atom. The van der Waals surface area contributed by atoms with Gasteiger partial charge in [-0.1, -0.05) is 6.42 Å². The van der Waals surface area contributed by atoms with Crippen LogP contribution in [0.2, 0.25) is 0 Å². The van der Waals surface area contributed by atoms with Gasteiger partial charge in [-0.15, -0.1) is 0 Å². The van der Waals surface area contributed by atoms with Crippen LogP contribution in [0.4, 0.5) is 0 Å². The van der Waals surface area contributed by atoms with Gasteiger partial charge < -0.3 is 9.73 Å². The van der Waals surface area contributed by atoms with Crippen LogP contribution >= 0.6 is 11.8 Å². The van der Waals surface area contributed by atoms with E-state index < -0.39 is 10.0 Å². The van der Waals surface area contributed by atoms with Crippen molar-refractivity contribution < 1.29 is 17.6 Å². The number of furan rings is 1. The van der Waals surface area contributed by atoms with Crippen molar-refractivity contribution in [2.24, 2.45) is 0 Å². The lowest BCUT2D eigenvalue weighted by molar-refractivity contribution is 0.0920. The summed E-state index contributed by atoms with van der Waals surface area (Å²) in [5.41, 5.74) is 0. The summed E-state index contributed by atoms with van der Waals surface area (Å²) >= 11 is 1.63. The molecule has 1 aromatic heterocycles. The maximum absolute atomic E-state index is 12.0. The average molecular weight is 361 g/mol. The van der Waals surface area contributed by atoms with Crippen molar-refractivity contribution in [3.8, 4) is 0 Å². The van der Waals surface area contributed by atoms with E-state index in [1.54, 1.807) is 28.2 Å². The zero-order valence-corrected chi connectivity index (χ0v) is 15.2. The van der Waals surface area contributed by atoms with E-state index in [9.17, 15) is 13.2 Å². The summed E-state index contributed by atoms with van der Waals surface area (Å²) in [7, 11) is -3.18. The van der Waals surface area contributed by atoms with Gasteiger partial charge in [-0.2, -0.15) is 16.1 Å². The lowest BCUT2D eigenvalue weighted by Gasteiger charge is -2.33. The van der Waals surface area contributed by atoms with E-state index in [1.165, 1.54) is 6.26 Å². The van der Waals surface area contributed by atoms with E-state index in [0.717, 1.165) is 30.8 Å². The molecular weight excluding hydrogens is 336 g/mol. The third-order valence-electron chi connectivity index (χ3n) is 3.93. The maximum atomic E-state index is 12.0. The topological polar surface area (TPSA) is 79.6 Å². The van der Waals surface area contributed by atoms with E-state index >= 15 is 0 Å². The summed E-state index contributed by atoms with van der Waals surface area (Å²) in [5.74, 6) is 1.56. The van der Waals surface area contributed by atoms with Crippen LogP contribution in [-0.4, -0.2) is 50.3 Å². The fourth-order valence-corrected chi connectivity index (χ4v) is 4.51. The van der Waals surface area contributed by atoms with Crippen LogP contribution in [0.3, 0.4) is 0 Å². The number of carbonyl (C=O) groups excluding carboxylic acids is 1. The Balaban J connectivity index is 1.84. The van der Waals surface area contributed by atoms with Gasteiger partial charge in [0.05, 0.1) is 12.0 Å². The van der Waals surface area contributed by atoms with Gasteiger partial charge in [0.25, 0.3) is 5.91 Å². The predicted molar refractivity (Wildman–Crippen MR) is 92.1 cm³/mol. The molecule has 6 nitrogen and oxygen atoms in total. The van der Waals surface area contributed by atoms with Crippen LogP contribution < -0.4 is 5.32 Å². The number of thioether (sulfide) groups is 1. The number of hydrogen-bond acceptors (Lipinski definition) is 5. The van der Waals surface area contributed by atoms with Crippen molar-refractivity contribution >= 4 is 27.7 Å². The van der Waals surface area contributed by atoms with Crippen molar-refractivity contribution in [2.45, 2.75) is 37.5 Å². The molecule has 0 unspecified atom stereocenters. The van der Waals surface area contributed by atoms with E-state index in [-0.39, 0.29) is 11.9 Å². The van der Waals surface area contributed by atoms with Crippen LogP contribution in [0.1, 0.15) is 42.0 Å². The second kappa shape index (κ2) is 8.21. The van der Waals surface area contributed by atoms with Crippen molar-refractivity contribution in [1.82, 2.24) is 9.62 Å². The number of carbonyl (C=O) groups is 1. The summed E-state index contributed by atoms with van der Waals surface area (Å²) < 4.78 is 30.6. The zero-order chi connectivity index (χ0) is 16.9. The Bertz CT molecular complexity index is 627. The minimum atomic E-state index is -3.18. The lowest BCUT2D eigenvalue weighted by atomic mass is 10.0. The van der Waals surface area contributed by atoms with Crippen LogP contribution in [0.15, 0.2) is 16.5 Å². The molecule has 1 amide bonds. The van der Waals surface area contributed by atoms with Gasteiger partial charge in [0.1, 0.15) is 5.76 Å². The van der Waals surface area contributed by atoms with Gasteiger partial charge in [-0.05, 0) is 37.7 Å². The number of nitrogens with zero attached hydrogens (tertiary/aromatic N) is 1. The van der Waals surface area contributed by atoms with Crippen LogP contribution in [0.5, 0.6) is 0 Å². The molecule has 1 N–H and O–H groups in total. The number of rotatable bonds is 7. The Morgan fingerprint density at radius 2 is 2.22 bits per heavy atom. The maximum Gasteiger partial charge on any atom is 0.286 e. The molecule has 2 rings (SSSR count). The molecule has 2 heterocycles. The molecule has 0 radical (unpaired) electrons. The number of hydrogen-bond donors (Lipinski definition) is 1. The van der Waals surface area contributed by atoms with Crippen molar-refractivity contribution in [2.75, 3.05) is 25.6 Å². The molecule has 1 aliphatic heterocycles. The molecule has 23 heavy (non-hydrogen) atoms. The Kier molecular flexibility index (Phi) is 6.55. The van der Waals surface area contributed by atoms with E-state index in [4.69, 9.17) is 4.42 Å². The normalized spacial score (nSPS) is 19.7. The molecule has 1 fully saturated rings. The zero-order valence-electron chi connectivity index (χ0n) is 13.6. The van der Waals surface area contributed by atoms with Crippen LogP contribution in [0, 0.1) is 0 Å².